The standard InChI is InChI=1S/C22H23N3O/c1-7-9-19(23-8-2)22-17-12-13(3)10-11-18(17)24-14(4)21(22)20-15(5)25-26-16(20)6/h7-12,24H,2,4H2,1,3,5-6H3/b9-7-,23-19?. The second-order valence-corrected chi connectivity index (χ2v) is 6.30. The fourth-order valence-corrected chi connectivity index (χ4v) is 3.31. The second-order valence-electron chi connectivity index (χ2n) is 6.30. The summed E-state index contributed by atoms with van der Waals surface area (Å²) < 4.78 is 5.43. The van der Waals surface area contributed by atoms with Crippen LogP contribution in [0, 0.1) is 20.8 Å². The van der Waals surface area contributed by atoms with Crippen LogP contribution < -0.4 is 5.32 Å². The smallest absolute Gasteiger partial charge is 0.141 e. The summed E-state index contributed by atoms with van der Waals surface area (Å²) in [7, 11) is 0. The van der Waals surface area contributed by atoms with Crippen LogP contribution in [0.25, 0.3) is 11.1 Å². The quantitative estimate of drug-likeness (QED) is 0.733. The summed E-state index contributed by atoms with van der Waals surface area (Å²) in [5, 5.41) is 7.55. The van der Waals surface area contributed by atoms with Gasteiger partial charge in [-0.1, -0.05) is 36.0 Å². The molecule has 0 amide bonds. The zero-order valence-corrected chi connectivity index (χ0v) is 15.7. The van der Waals surface area contributed by atoms with Gasteiger partial charge in [-0.05, 0) is 45.9 Å². The third-order valence-electron chi connectivity index (χ3n) is 4.38. The lowest BCUT2D eigenvalue weighted by molar-refractivity contribution is 0.393. The molecule has 26 heavy (non-hydrogen) atoms. The number of rotatable bonds is 4. The molecule has 0 saturated heterocycles. The van der Waals surface area contributed by atoms with E-state index in [1.807, 2.05) is 32.9 Å². The average Bonchev–Trinajstić information content (AvgIpc) is 2.93. The normalized spacial score (nSPS) is 14.6. The molecule has 0 unspecified atom stereocenters. The molecule has 4 nitrogen and oxygen atoms in total. The first kappa shape index (κ1) is 17.7. The van der Waals surface area contributed by atoms with Gasteiger partial charge in [-0.15, -0.1) is 0 Å². The fraction of sp³-hybridized carbons (Fsp3) is 0.182. The molecular weight excluding hydrogens is 322 g/mol. The van der Waals surface area contributed by atoms with Crippen molar-refractivity contribution in [2.45, 2.75) is 27.7 Å². The number of fused-ring (bicyclic) bond motifs is 1. The molecule has 0 spiro atoms. The van der Waals surface area contributed by atoms with Crippen LogP contribution in [0.15, 0.2) is 64.9 Å². The highest BCUT2D eigenvalue weighted by Crippen LogP contribution is 2.43. The van der Waals surface area contributed by atoms with Gasteiger partial charge in [0.05, 0.1) is 11.4 Å². The molecule has 1 aromatic heterocycles. The molecule has 0 atom stereocenters. The van der Waals surface area contributed by atoms with Gasteiger partial charge in [0.2, 0.25) is 0 Å². The predicted octanol–water partition coefficient (Wildman–Crippen LogP) is 5.61. The van der Waals surface area contributed by atoms with E-state index < -0.39 is 0 Å². The fourth-order valence-electron chi connectivity index (χ4n) is 3.31. The van der Waals surface area contributed by atoms with E-state index in [1.54, 1.807) is 6.20 Å². The maximum Gasteiger partial charge on any atom is 0.141 e. The van der Waals surface area contributed by atoms with E-state index in [-0.39, 0.29) is 0 Å². The van der Waals surface area contributed by atoms with Crippen molar-refractivity contribution in [3.05, 3.63) is 83.6 Å². The molecule has 1 aliphatic rings. The van der Waals surface area contributed by atoms with Gasteiger partial charge in [0, 0.05) is 39.9 Å². The first-order valence-electron chi connectivity index (χ1n) is 8.54. The molecule has 2 heterocycles. The van der Waals surface area contributed by atoms with Crippen LogP contribution in [0.1, 0.15) is 35.1 Å². The zero-order chi connectivity index (χ0) is 18.8. The van der Waals surface area contributed by atoms with Gasteiger partial charge in [-0.2, -0.15) is 0 Å². The molecule has 0 bridgehead atoms. The van der Waals surface area contributed by atoms with E-state index in [0.29, 0.717) is 0 Å². The number of hydrogen-bond donors (Lipinski definition) is 1. The number of benzene rings is 1. The SMILES string of the molecule is C=CN=C(/C=C\C)C1=C(c2c(C)noc2C)C(=C)Nc2ccc(C)cc21. The average molecular weight is 345 g/mol. The predicted molar refractivity (Wildman–Crippen MR) is 109 cm³/mol. The Balaban J connectivity index is 2.46. The maximum absolute atomic E-state index is 5.43. The Morgan fingerprint density at radius 3 is 2.65 bits per heavy atom. The highest BCUT2D eigenvalue weighted by molar-refractivity contribution is 6.38. The van der Waals surface area contributed by atoms with Crippen molar-refractivity contribution in [2.75, 3.05) is 5.32 Å². The number of aliphatic imine (C=N–C) groups is 1. The van der Waals surface area contributed by atoms with Crippen molar-refractivity contribution in [1.82, 2.24) is 5.16 Å². The summed E-state index contributed by atoms with van der Waals surface area (Å²) in [5.41, 5.74) is 8.61. The van der Waals surface area contributed by atoms with E-state index in [2.05, 4.69) is 53.7 Å². The van der Waals surface area contributed by atoms with Crippen molar-refractivity contribution < 1.29 is 4.52 Å². The van der Waals surface area contributed by atoms with E-state index in [1.165, 1.54) is 5.56 Å². The van der Waals surface area contributed by atoms with Gasteiger partial charge in [0.25, 0.3) is 0 Å². The first-order chi connectivity index (χ1) is 12.5. The summed E-state index contributed by atoms with van der Waals surface area (Å²) in [6.07, 6.45) is 5.52. The number of aromatic nitrogens is 1. The third-order valence-corrected chi connectivity index (χ3v) is 4.38. The summed E-state index contributed by atoms with van der Waals surface area (Å²) in [6, 6.07) is 6.31. The van der Waals surface area contributed by atoms with Crippen LogP contribution in [-0.4, -0.2) is 10.9 Å². The number of nitrogens with zero attached hydrogens (tertiary/aromatic N) is 2. The van der Waals surface area contributed by atoms with E-state index in [4.69, 9.17) is 4.52 Å². The van der Waals surface area contributed by atoms with E-state index in [9.17, 15) is 0 Å². The molecule has 4 heteroatoms. The molecule has 0 fully saturated rings. The number of allylic oxidation sites excluding steroid dienone is 4. The number of anilines is 1. The van der Waals surface area contributed by atoms with Crippen molar-refractivity contribution in [3.63, 3.8) is 0 Å². The summed E-state index contributed by atoms with van der Waals surface area (Å²) in [5.74, 6) is 0.757. The Labute approximate surface area is 154 Å². The zero-order valence-electron chi connectivity index (χ0n) is 15.7. The lowest BCUT2D eigenvalue weighted by atomic mass is 9.84. The third kappa shape index (κ3) is 2.94. The van der Waals surface area contributed by atoms with Crippen LogP contribution in [0.2, 0.25) is 0 Å². The second kappa shape index (κ2) is 7.00. The van der Waals surface area contributed by atoms with Gasteiger partial charge in [-0.3, -0.25) is 4.99 Å². The number of aryl methyl sites for hydroxylation is 3. The molecule has 1 aliphatic heterocycles. The summed E-state index contributed by atoms with van der Waals surface area (Å²) in [4.78, 5) is 4.54. The monoisotopic (exact) mass is 345 g/mol. The van der Waals surface area contributed by atoms with Gasteiger partial charge in [-0.25, -0.2) is 0 Å². The van der Waals surface area contributed by atoms with Gasteiger partial charge in [0.1, 0.15) is 5.76 Å². The Bertz CT molecular complexity index is 967. The molecule has 1 N–H and O–H groups in total. The summed E-state index contributed by atoms with van der Waals surface area (Å²) >= 11 is 0. The van der Waals surface area contributed by atoms with Crippen molar-refractivity contribution in [1.29, 1.82) is 0 Å². The van der Waals surface area contributed by atoms with Gasteiger partial charge in [0.15, 0.2) is 0 Å². The van der Waals surface area contributed by atoms with Crippen LogP contribution in [0.3, 0.4) is 0 Å². The lowest BCUT2D eigenvalue weighted by Gasteiger charge is -2.27. The highest BCUT2D eigenvalue weighted by atomic mass is 16.5. The topological polar surface area (TPSA) is 50.4 Å². The molecule has 132 valence electrons. The van der Waals surface area contributed by atoms with E-state index >= 15 is 0 Å². The van der Waals surface area contributed by atoms with Gasteiger partial charge < -0.3 is 9.84 Å². The lowest BCUT2D eigenvalue weighted by Crippen LogP contribution is -2.16. The molecular formula is C22H23N3O. The number of nitrogens with one attached hydrogen (secondary N) is 1. The van der Waals surface area contributed by atoms with Crippen molar-refractivity contribution in [2.24, 2.45) is 4.99 Å². The molecule has 0 radical (unpaired) electrons. The minimum absolute atomic E-state index is 0.757. The number of hydrogen-bond acceptors (Lipinski definition) is 4. The minimum Gasteiger partial charge on any atom is -0.361 e. The Kier molecular flexibility index (Phi) is 4.76. The molecule has 0 aliphatic carbocycles. The summed E-state index contributed by atoms with van der Waals surface area (Å²) in [6.45, 7) is 16.0. The largest absolute Gasteiger partial charge is 0.361 e. The Morgan fingerprint density at radius 1 is 1.27 bits per heavy atom. The highest BCUT2D eigenvalue weighted by Gasteiger charge is 2.28. The Morgan fingerprint density at radius 2 is 2.04 bits per heavy atom. The van der Waals surface area contributed by atoms with Crippen LogP contribution in [-0.2, 0) is 0 Å². The van der Waals surface area contributed by atoms with Crippen LogP contribution in [0.5, 0.6) is 0 Å². The van der Waals surface area contributed by atoms with Crippen LogP contribution in [0.4, 0.5) is 5.69 Å². The molecule has 2 aromatic rings. The van der Waals surface area contributed by atoms with Crippen molar-refractivity contribution in [3.8, 4) is 0 Å². The molecule has 1 aromatic carbocycles. The van der Waals surface area contributed by atoms with Crippen molar-refractivity contribution >= 4 is 22.5 Å². The minimum atomic E-state index is 0.757. The van der Waals surface area contributed by atoms with E-state index in [0.717, 1.165) is 50.8 Å². The molecule has 0 saturated carbocycles. The molecule has 3 rings (SSSR count). The Hall–Kier alpha value is -3.14. The maximum atomic E-state index is 5.43. The van der Waals surface area contributed by atoms with Crippen LogP contribution >= 0.6 is 0 Å². The van der Waals surface area contributed by atoms with Gasteiger partial charge >= 0.3 is 0 Å². The first-order valence-corrected chi connectivity index (χ1v) is 8.54.